The van der Waals surface area contributed by atoms with E-state index in [0.717, 1.165) is 68.8 Å². The monoisotopic (exact) mass is 603 g/mol. The maximum absolute atomic E-state index is 6.38. The zero-order valence-corrected chi connectivity index (χ0v) is 26.1. The fraction of sp³-hybridized carbons (Fsp3) is 0.485. The molecule has 2 N–H and O–H groups in total. The number of halogens is 1. The highest BCUT2D eigenvalue weighted by atomic mass is 35.5. The van der Waals surface area contributed by atoms with Gasteiger partial charge in [-0.3, -0.25) is 0 Å². The van der Waals surface area contributed by atoms with Crippen molar-refractivity contribution >= 4 is 52.2 Å². The maximum Gasteiger partial charge on any atom is 0.232 e. The van der Waals surface area contributed by atoms with Crippen LogP contribution in [0.1, 0.15) is 57.4 Å². The number of piperidine rings is 1. The third-order valence-electron chi connectivity index (χ3n) is 9.33. The molecule has 6 rings (SSSR count). The summed E-state index contributed by atoms with van der Waals surface area (Å²) in [5.74, 6) is 2.50. The number of hydrogen-bond acceptors (Lipinski definition) is 6. The molecule has 0 unspecified atom stereocenters. The lowest BCUT2D eigenvalue weighted by atomic mass is 9.79. The summed E-state index contributed by atoms with van der Waals surface area (Å²) in [7, 11) is 0. The van der Waals surface area contributed by atoms with Crippen molar-refractivity contribution in [1.29, 1.82) is 0 Å². The molecule has 0 spiro atoms. The highest BCUT2D eigenvalue weighted by Gasteiger charge is 2.36. The average Bonchev–Trinajstić information content (AvgIpc) is 3.51. The minimum atomic E-state index is 0.0339. The minimum absolute atomic E-state index is 0.0339. The van der Waals surface area contributed by atoms with Crippen molar-refractivity contribution in [3.63, 3.8) is 0 Å². The van der Waals surface area contributed by atoms with Crippen molar-refractivity contribution in [3.8, 4) is 0 Å². The number of nitrogens with zero attached hydrogens (tertiary/aromatic N) is 5. The van der Waals surface area contributed by atoms with Gasteiger partial charge in [-0.05, 0) is 81.1 Å². The Hall–Kier alpha value is -3.10. The second kappa shape index (κ2) is 13.0. The van der Waals surface area contributed by atoms with Crippen LogP contribution >= 0.6 is 23.8 Å². The SMILES string of the molecule is C[C@H]1CCCCN1c1cc(N2CCN(c3ccccc3)CC2)nc(NC(=S)NCC2(c3cccc(Cl)c3)CCCC2)n1. The molecule has 0 amide bonds. The van der Waals surface area contributed by atoms with Crippen LogP contribution in [0.4, 0.5) is 23.3 Å². The van der Waals surface area contributed by atoms with E-state index in [9.17, 15) is 0 Å². The quantitative estimate of drug-likeness (QED) is 0.292. The van der Waals surface area contributed by atoms with E-state index >= 15 is 0 Å². The first-order valence-electron chi connectivity index (χ1n) is 15.5. The van der Waals surface area contributed by atoms with Crippen molar-refractivity contribution in [3.05, 3.63) is 71.2 Å². The lowest BCUT2D eigenvalue weighted by molar-refractivity contribution is 0.435. The number of piperazine rings is 1. The van der Waals surface area contributed by atoms with Crippen molar-refractivity contribution < 1.29 is 0 Å². The molecule has 222 valence electrons. The molecule has 7 nitrogen and oxygen atoms in total. The normalized spacial score (nSPS) is 20.4. The van der Waals surface area contributed by atoms with E-state index in [1.807, 2.05) is 6.07 Å². The van der Waals surface area contributed by atoms with Gasteiger partial charge in [-0.2, -0.15) is 9.97 Å². The zero-order valence-electron chi connectivity index (χ0n) is 24.6. The Bertz CT molecular complexity index is 1360. The number of rotatable bonds is 7. The first-order chi connectivity index (χ1) is 20.5. The standard InChI is InChI=1S/C33H42ClN7S/c1-25-10-5-8-17-41(25)30-23-29(40-20-18-39(19-21-40)28-13-3-2-4-14-28)36-31(37-30)38-32(42)35-24-33(15-6-7-16-33)26-11-9-12-27(34)22-26/h2-4,9,11-14,22-23,25H,5-8,10,15-21,24H2,1H3,(H2,35,36,37,38,42)/t25-/m0/s1. The molecule has 2 aromatic carbocycles. The molecule has 3 aliphatic rings. The molecule has 2 aliphatic heterocycles. The van der Waals surface area contributed by atoms with Gasteiger partial charge in [-0.1, -0.05) is 54.8 Å². The average molecular weight is 604 g/mol. The largest absolute Gasteiger partial charge is 0.368 e. The van der Waals surface area contributed by atoms with Gasteiger partial charge in [-0.15, -0.1) is 0 Å². The number of benzene rings is 2. The Morgan fingerprint density at radius 3 is 2.36 bits per heavy atom. The Labute approximate surface area is 260 Å². The number of para-hydroxylation sites is 1. The van der Waals surface area contributed by atoms with Gasteiger partial charge in [0, 0.05) is 67.5 Å². The summed E-state index contributed by atoms with van der Waals surface area (Å²) < 4.78 is 0. The Kier molecular flexibility index (Phi) is 9.00. The second-order valence-electron chi connectivity index (χ2n) is 12.1. The van der Waals surface area contributed by atoms with Crippen molar-refractivity contribution in [2.24, 2.45) is 0 Å². The van der Waals surface area contributed by atoms with Crippen LogP contribution in [0.5, 0.6) is 0 Å². The third-order valence-corrected chi connectivity index (χ3v) is 9.81. The Morgan fingerprint density at radius 1 is 0.881 bits per heavy atom. The third kappa shape index (κ3) is 6.60. The zero-order chi connectivity index (χ0) is 28.9. The Balaban J connectivity index is 1.18. The minimum Gasteiger partial charge on any atom is -0.368 e. The summed E-state index contributed by atoms with van der Waals surface area (Å²) in [5.41, 5.74) is 2.60. The molecule has 2 saturated heterocycles. The van der Waals surface area contributed by atoms with Gasteiger partial charge in [0.2, 0.25) is 5.95 Å². The molecular weight excluding hydrogens is 562 g/mol. The molecule has 1 saturated carbocycles. The van der Waals surface area contributed by atoms with E-state index in [1.165, 1.54) is 43.4 Å². The smallest absolute Gasteiger partial charge is 0.232 e. The first-order valence-corrected chi connectivity index (χ1v) is 16.3. The lowest BCUT2D eigenvalue weighted by Gasteiger charge is -2.38. The molecule has 0 bridgehead atoms. The van der Waals surface area contributed by atoms with E-state index in [4.69, 9.17) is 33.8 Å². The molecule has 1 aromatic heterocycles. The van der Waals surface area contributed by atoms with Gasteiger partial charge in [0.25, 0.3) is 0 Å². The first kappa shape index (κ1) is 29.0. The fourth-order valence-corrected chi connectivity index (χ4v) is 7.24. The predicted molar refractivity (Wildman–Crippen MR) is 179 cm³/mol. The predicted octanol–water partition coefficient (Wildman–Crippen LogP) is 6.63. The summed E-state index contributed by atoms with van der Waals surface area (Å²) in [4.78, 5) is 17.3. The van der Waals surface area contributed by atoms with Crippen molar-refractivity contribution in [2.75, 3.05) is 59.3 Å². The highest BCUT2D eigenvalue weighted by Crippen LogP contribution is 2.41. The van der Waals surface area contributed by atoms with Crippen LogP contribution in [-0.2, 0) is 5.41 Å². The van der Waals surface area contributed by atoms with E-state index in [1.54, 1.807) is 0 Å². The van der Waals surface area contributed by atoms with Gasteiger partial charge in [0.1, 0.15) is 11.6 Å². The summed E-state index contributed by atoms with van der Waals surface area (Å²) in [5, 5.41) is 8.24. The van der Waals surface area contributed by atoms with Crippen LogP contribution < -0.4 is 25.3 Å². The van der Waals surface area contributed by atoms with Crippen LogP contribution in [0.15, 0.2) is 60.7 Å². The molecule has 3 aromatic rings. The molecular formula is C33H42ClN7S. The number of hydrogen-bond donors (Lipinski definition) is 2. The van der Waals surface area contributed by atoms with Crippen LogP contribution in [0, 0.1) is 0 Å². The molecule has 0 radical (unpaired) electrons. The maximum atomic E-state index is 6.38. The summed E-state index contributed by atoms with van der Waals surface area (Å²) in [6, 6.07) is 21.6. The number of anilines is 4. The van der Waals surface area contributed by atoms with Gasteiger partial charge >= 0.3 is 0 Å². The molecule has 1 aliphatic carbocycles. The van der Waals surface area contributed by atoms with Gasteiger partial charge < -0.3 is 25.3 Å². The number of aromatic nitrogens is 2. The summed E-state index contributed by atoms with van der Waals surface area (Å²) in [6.07, 6.45) is 8.33. The molecule has 9 heteroatoms. The van der Waals surface area contributed by atoms with Crippen LogP contribution in [0.3, 0.4) is 0 Å². The highest BCUT2D eigenvalue weighted by molar-refractivity contribution is 7.80. The van der Waals surface area contributed by atoms with Crippen LogP contribution in [0.2, 0.25) is 5.02 Å². The number of nitrogens with one attached hydrogen (secondary N) is 2. The Morgan fingerprint density at radius 2 is 1.62 bits per heavy atom. The summed E-state index contributed by atoms with van der Waals surface area (Å²) >= 11 is 12.2. The molecule has 3 heterocycles. The lowest BCUT2D eigenvalue weighted by Crippen LogP contribution is -2.47. The van der Waals surface area contributed by atoms with Crippen LogP contribution in [-0.4, -0.2) is 60.4 Å². The fourth-order valence-electron chi connectivity index (χ4n) is 6.89. The molecule has 1 atom stereocenters. The van der Waals surface area contributed by atoms with Gasteiger partial charge in [-0.25, -0.2) is 0 Å². The van der Waals surface area contributed by atoms with E-state index in [-0.39, 0.29) is 5.41 Å². The summed E-state index contributed by atoms with van der Waals surface area (Å²) in [6.45, 7) is 7.81. The van der Waals surface area contributed by atoms with E-state index < -0.39 is 0 Å². The van der Waals surface area contributed by atoms with E-state index in [2.05, 4.69) is 86.9 Å². The van der Waals surface area contributed by atoms with Gasteiger partial charge in [0.05, 0.1) is 0 Å². The second-order valence-corrected chi connectivity index (χ2v) is 12.9. The van der Waals surface area contributed by atoms with Crippen molar-refractivity contribution in [1.82, 2.24) is 15.3 Å². The van der Waals surface area contributed by atoms with E-state index in [0.29, 0.717) is 17.1 Å². The van der Waals surface area contributed by atoms with Gasteiger partial charge in [0.15, 0.2) is 5.11 Å². The topological polar surface area (TPSA) is 59.6 Å². The van der Waals surface area contributed by atoms with Crippen molar-refractivity contribution in [2.45, 2.75) is 63.3 Å². The van der Waals surface area contributed by atoms with Crippen LogP contribution in [0.25, 0.3) is 0 Å². The molecule has 3 fully saturated rings. The number of thiocarbonyl (C=S) groups is 1. The molecule has 42 heavy (non-hydrogen) atoms.